The summed E-state index contributed by atoms with van der Waals surface area (Å²) in [6.45, 7) is 8.21. The number of nitrogens with zero attached hydrogens (tertiary/aromatic N) is 2. The maximum atomic E-state index is 12.8. The van der Waals surface area contributed by atoms with Crippen LogP contribution >= 0.6 is 0 Å². The molecule has 2 unspecified atom stereocenters. The Kier molecular flexibility index (Phi) is 6.88. The highest BCUT2D eigenvalue weighted by molar-refractivity contribution is 5.81. The molecule has 2 rings (SSSR count). The second-order valence-electron chi connectivity index (χ2n) is 7.37. The van der Waals surface area contributed by atoms with Crippen LogP contribution in [-0.2, 0) is 9.59 Å². The number of likely N-dealkylation sites (N-methyl/N-ethyl adjacent to an activating group) is 1. The lowest BCUT2D eigenvalue weighted by atomic mass is 9.78. The molecule has 132 valence electrons. The molecule has 0 aromatic heterocycles. The molecule has 1 saturated heterocycles. The van der Waals surface area contributed by atoms with Crippen LogP contribution < -0.4 is 5.32 Å². The summed E-state index contributed by atoms with van der Waals surface area (Å²) in [6.07, 6.45) is 7.42. The third-order valence-corrected chi connectivity index (χ3v) is 5.19. The summed E-state index contributed by atoms with van der Waals surface area (Å²) in [5, 5.41) is 2.90. The van der Waals surface area contributed by atoms with Gasteiger partial charge in [0, 0.05) is 18.6 Å². The van der Waals surface area contributed by atoms with E-state index in [9.17, 15) is 9.59 Å². The van der Waals surface area contributed by atoms with E-state index in [2.05, 4.69) is 10.2 Å². The van der Waals surface area contributed by atoms with E-state index >= 15 is 0 Å². The van der Waals surface area contributed by atoms with Gasteiger partial charge in [-0.05, 0) is 52.0 Å². The van der Waals surface area contributed by atoms with Crippen molar-refractivity contribution in [1.29, 1.82) is 0 Å². The first-order valence-electron chi connectivity index (χ1n) is 9.32. The second kappa shape index (κ2) is 8.67. The molecule has 0 bridgehead atoms. The van der Waals surface area contributed by atoms with Gasteiger partial charge in [0.15, 0.2) is 0 Å². The molecule has 2 aliphatic rings. The summed E-state index contributed by atoms with van der Waals surface area (Å²) in [5.74, 6) is 0.922. The van der Waals surface area contributed by atoms with Gasteiger partial charge < -0.3 is 10.2 Å². The number of likely N-dealkylation sites (tertiary alicyclic amines) is 1. The largest absolute Gasteiger partial charge is 0.353 e. The van der Waals surface area contributed by atoms with Crippen LogP contribution in [0.1, 0.15) is 59.3 Å². The van der Waals surface area contributed by atoms with Crippen molar-refractivity contribution in [1.82, 2.24) is 15.1 Å². The van der Waals surface area contributed by atoms with Gasteiger partial charge in [-0.2, -0.15) is 0 Å². The van der Waals surface area contributed by atoms with E-state index in [0.29, 0.717) is 25.0 Å². The number of carbonyl (C=O) groups excluding carboxylic acids is 2. The number of hydrogen-bond acceptors (Lipinski definition) is 3. The molecule has 1 saturated carbocycles. The molecule has 0 radical (unpaired) electrons. The number of carbonyl (C=O) groups is 2. The predicted octanol–water partition coefficient (Wildman–Crippen LogP) is 2.01. The van der Waals surface area contributed by atoms with Gasteiger partial charge in [-0.15, -0.1) is 0 Å². The number of nitrogens with one attached hydrogen (secondary N) is 1. The first-order chi connectivity index (χ1) is 11.0. The summed E-state index contributed by atoms with van der Waals surface area (Å²) in [4.78, 5) is 28.8. The zero-order chi connectivity index (χ0) is 16.8. The Bertz CT molecular complexity index is 409. The quantitative estimate of drug-likeness (QED) is 0.813. The van der Waals surface area contributed by atoms with E-state index in [4.69, 9.17) is 0 Å². The number of piperidine rings is 1. The summed E-state index contributed by atoms with van der Waals surface area (Å²) in [6, 6.07) is 0.593. The molecule has 1 N–H and O–H groups in total. The zero-order valence-electron chi connectivity index (χ0n) is 15.0. The molecule has 0 aromatic carbocycles. The molecular formula is C18H33N3O2. The van der Waals surface area contributed by atoms with Crippen LogP contribution in [0, 0.1) is 5.92 Å². The van der Waals surface area contributed by atoms with E-state index in [1.54, 1.807) is 0 Å². The van der Waals surface area contributed by atoms with Crippen LogP contribution in [0.2, 0.25) is 0 Å². The number of hydrogen-bond donors (Lipinski definition) is 1. The van der Waals surface area contributed by atoms with E-state index in [0.717, 1.165) is 25.9 Å². The van der Waals surface area contributed by atoms with Gasteiger partial charge in [-0.3, -0.25) is 14.5 Å². The van der Waals surface area contributed by atoms with Crippen LogP contribution in [0.4, 0.5) is 0 Å². The normalized spacial score (nSPS) is 24.7. The Morgan fingerprint density at radius 2 is 1.83 bits per heavy atom. The fraction of sp³-hybridized carbons (Fsp3) is 0.889. The summed E-state index contributed by atoms with van der Waals surface area (Å²) in [5.41, 5.74) is 0. The zero-order valence-corrected chi connectivity index (χ0v) is 15.0. The molecule has 2 atom stereocenters. The van der Waals surface area contributed by atoms with Crippen molar-refractivity contribution in [2.45, 2.75) is 71.4 Å². The molecular weight excluding hydrogens is 290 g/mol. The lowest BCUT2D eigenvalue weighted by Crippen LogP contribution is -2.53. The van der Waals surface area contributed by atoms with Crippen LogP contribution in [0.5, 0.6) is 0 Å². The van der Waals surface area contributed by atoms with Gasteiger partial charge in [0.05, 0.1) is 13.1 Å². The van der Waals surface area contributed by atoms with Crippen molar-refractivity contribution in [3.63, 3.8) is 0 Å². The Labute approximate surface area is 140 Å². The Balaban J connectivity index is 1.89. The van der Waals surface area contributed by atoms with Gasteiger partial charge in [0.25, 0.3) is 0 Å². The fourth-order valence-corrected chi connectivity index (χ4v) is 4.07. The van der Waals surface area contributed by atoms with Gasteiger partial charge in [-0.25, -0.2) is 0 Å². The van der Waals surface area contributed by atoms with Crippen molar-refractivity contribution < 1.29 is 9.59 Å². The topological polar surface area (TPSA) is 52.7 Å². The molecule has 0 spiro atoms. The maximum absolute atomic E-state index is 12.8. The Hall–Kier alpha value is -1.10. The van der Waals surface area contributed by atoms with Crippen molar-refractivity contribution in [3.05, 3.63) is 0 Å². The molecule has 1 heterocycles. The smallest absolute Gasteiger partial charge is 0.237 e. The molecule has 5 heteroatoms. The standard InChI is InChI=1S/C18H33N3O2/c1-4-20(12-17(22)19-14(2)3)13-18(23)21-11-7-9-15-8-5-6-10-16(15)21/h14-16H,4-13H2,1-3H3,(H,19,22). The molecule has 23 heavy (non-hydrogen) atoms. The van der Waals surface area contributed by atoms with Gasteiger partial charge >= 0.3 is 0 Å². The lowest BCUT2D eigenvalue weighted by molar-refractivity contribution is -0.139. The minimum absolute atomic E-state index is 0.00355. The minimum Gasteiger partial charge on any atom is -0.353 e. The van der Waals surface area contributed by atoms with Gasteiger partial charge in [-0.1, -0.05) is 19.8 Å². The van der Waals surface area contributed by atoms with E-state index in [1.807, 2.05) is 25.7 Å². The fourth-order valence-electron chi connectivity index (χ4n) is 4.07. The van der Waals surface area contributed by atoms with Crippen molar-refractivity contribution in [2.75, 3.05) is 26.2 Å². The maximum Gasteiger partial charge on any atom is 0.237 e. The van der Waals surface area contributed by atoms with Gasteiger partial charge in [0.1, 0.15) is 0 Å². The number of fused-ring (bicyclic) bond motifs is 1. The average molecular weight is 323 g/mol. The molecule has 2 amide bonds. The molecule has 1 aliphatic carbocycles. The lowest BCUT2D eigenvalue weighted by Gasteiger charge is -2.44. The highest BCUT2D eigenvalue weighted by atomic mass is 16.2. The van der Waals surface area contributed by atoms with Crippen molar-refractivity contribution in [2.24, 2.45) is 5.92 Å². The third kappa shape index (κ3) is 5.20. The molecule has 5 nitrogen and oxygen atoms in total. The molecule has 0 aromatic rings. The number of rotatable bonds is 6. The van der Waals surface area contributed by atoms with Crippen molar-refractivity contribution in [3.8, 4) is 0 Å². The van der Waals surface area contributed by atoms with Gasteiger partial charge in [0.2, 0.25) is 11.8 Å². The minimum atomic E-state index is 0.00355. The first kappa shape index (κ1) is 18.2. The average Bonchev–Trinajstić information content (AvgIpc) is 2.52. The molecule has 1 aliphatic heterocycles. The highest BCUT2D eigenvalue weighted by Crippen LogP contribution is 2.35. The first-order valence-corrected chi connectivity index (χ1v) is 9.32. The summed E-state index contributed by atoms with van der Waals surface area (Å²) in [7, 11) is 0. The predicted molar refractivity (Wildman–Crippen MR) is 92.1 cm³/mol. The summed E-state index contributed by atoms with van der Waals surface area (Å²) >= 11 is 0. The van der Waals surface area contributed by atoms with Crippen LogP contribution in [0.25, 0.3) is 0 Å². The Morgan fingerprint density at radius 3 is 2.52 bits per heavy atom. The van der Waals surface area contributed by atoms with E-state index in [1.165, 1.54) is 25.7 Å². The summed E-state index contributed by atoms with van der Waals surface area (Å²) < 4.78 is 0. The highest BCUT2D eigenvalue weighted by Gasteiger charge is 2.35. The Morgan fingerprint density at radius 1 is 1.13 bits per heavy atom. The molecule has 2 fully saturated rings. The van der Waals surface area contributed by atoms with E-state index < -0.39 is 0 Å². The second-order valence-corrected chi connectivity index (χ2v) is 7.37. The third-order valence-electron chi connectivity index (χ3n) is 5.19. The van der Waals surface area contributed by atoms with Crippen molar-refractivity contribution >= 4 is 11.8 Å². The number of amides is 2. The SMILES string of the molecule is CCN(CC(=O)NC(C)C)CC(=O)N1CCCC2CCCCC21. The van der Waals surface area contributed by atoms with Crippen LogP contribution in [-0.4, -0.2) is 59.9 Å². The van der Waals surface area contributed by atoms with Crippen LogP contribution in [0.15, 0.2) is 0 Å². The van der Waals surface area contributed by atoms with Crippen LogP contribution in [0.3, 0.4) is 0 Å². The van der Waals surface area contributed by atoms with E-state index in [-0.39, 0.29) is 17.9 Å². The monoisotopic (exact) mass is 323 g/mol.